The molecular formula is C54H44N4O12S. The molecule has 8 rings (SSSR count). The molecule has 0 saturated carbocycles. The fraction of sp³-hybridized carbons (Fsp3) is 0.111. The zero-order chi connectivity index (χ0) is 50.9. The number of aromatic nitrogens is 4. The van der Waals surface area contributed by atoms with Gasteiger partial charge in [-0.25, -0.2) is 15.0 Å². The van der Waals surface area contributed by atoms with Crippen molar-refractivity contribution < 1.29 is 58.3 Å². The molecule has 17 heteroatoms. The topological polar surface area (TPSA) is 242 Å². The van der Waals surface area contributed by atoms with Crippen molar-refractivity contribution >= 4 is 47.5 Å². The largest absolute Gasteiger partial charge is 0.507 e. The quantitative estimate of drug-likeness (QED) is 0.0568. The zero-order valence-corrected chi connectivity index (χ0v) is 39.2. The van der Waals surface area contributed by atoms with Gasteiger partial charge in [0.1, 0.15) is 71.4 Å². The molecule has 3 N–H and O–H groups in total. The summed E-state index contributed by atoms with van der Waals surface area (Å²) < 4.78 is 16.9. The molecular weight excluding hydrogens is 929 g/mol. The molecule has 0 radical (unpaired) electrons. The summed E-state index contributed by atoms with van der Waals surface area (Å²) in [7, 11) is 0. The second-order valence-electron chi connectivity index (χ2n) is 15.1. The molecule has 0 spiro atoms. The van der Waals surface area contributed by atoms with Crippen LogP contribution in [0.15, 0.2) is 138 Å². The highest BCUT2D eigenvalue weighted by molar-refractivity contribution is 7.08. The molecule has 0 aliphatic carbocycles. The Morgan fingerprint density at radius 2 is 0.915 bits per heavy atom. The summed E-state index contributed by atoms with van der Waals surface area (Å²) in [6.45, 7) is 4.54. The van der Waals surface area contributed by atoms with E-state index in [0.29, 0.717) is 53.0 Å². The first-order chi connectivity index (χ1) is 34.3. The molecule has 0 fully saturated rings. The molecule has 0 aliphatic rings. The van der Waals surface area contributed by atoms with Crippen LogP contribution in [-0.4, -0.2) is 71.5 Å². The number of aromatic hydroxyl groups is 3. The van der Waals surface area contributed by atoms with Crippen molar-refractivity contribution in [3.8, 4) is 56.8 Å². The minimum atomic E-state index is -0.155. The van der Waals surface area contributed by atoms with Crippen LogP contribution >= 0.6 is 11.3 Å². The Bertz CT molecular complexity index is 3200. The van der Waals surface area contributed by atoms with E-state index >= 15 is 0 Å². The molecule has 71 heavy (non-hydrogen) atoms. The summed E-state index contributed by atoms with van der Waals surface area (Å²) in [6.07, 6.45) is 4.94. The number of hydrogen-bond donors (Lipinski definition) is 3. The van der Waals surface area contributed by atoms with Crippen molar-refractivity contribution in [2.24, 2.45) is 0 Å². The normalized spacial score (nSPS) is 10.3. The van der Waals surface area contributed by atoms with E-state index in [0.717, 1.165) is 22.3 Å². The third kappa shape index (κ3) is 13.5. The third-order valence-corrected chi connectivity index (χ3v) is 10.9. The number of nitrogens with zero attached hydrogens (tertiary/aromatic N) is 4. The Balaban J connectivity index is 0.000000176. The monoisotopic (exact) mass is 972 g/mol. The molecule has 0 unspecified atom stereocenters. The first kappa shape index (κ1) is 51.2. The SMILES string of the molecule is CC(=O)c1ccc(-c2ccncc2)c(COc2cccc(O)c2C=O)n1.CC(=O)c1ccc(-c2ccsc2)c(COc2cccc(O)c2C=O)n1.CC(=O)c1cccc(COc2cccc(O)c2C=O)n1. The number of thiophene rings is 1. The second-order valence-corrected chi connectivity index (χ2v) is 15.9. The van der Waals surface area contributed by atoms with Gasteiger partial charge in [0.15, 0.2) is 36.2 Å². The van der Waals surface area contributed by atoms with Gasteiger partial charge >= 0.3 is 0 Å². The molecule has 0 bridgehead atoms. The van der Waals surface area contributed by atoms with Gasteiger partial charge in [-0.2, -0.15) is 11.3 Å². The van der Waals surface area contributed by atoms with Crippen molar-refractivity contribution in [2.75, 3.05) is 0 Å². The Morgan fingerprint density at radius 3 is 1.34 bits per heavy atom. The minimum absolute atomic E-state index is 0.0308. The number of aldehydes is 3. The number of rotatable bonds is 17. The summed E-state index contributed by atoms with van der Waals surface area (Å²) in [5.41, 5.74) is 6.51. The number of benzene rings is 3. The van der Waals surface area contributed by atoms with E-state index in [1.54, 1.807) is 96.5 Å². The van der Waals surface area contributed by atoms with E-state index in [9.17, 15) is 44.1 Å². The Morgan fingerprint density at radius 1 is 0.493 bits per heavy atom. The molecule has 16 nitrogen and oxygen atoms in total. The molecule has 0 aliphatic heterocycles. The molecule has 0 amide bonds. The maximum Gasteiger partial charge on any atom is 0.178 e. The molecule has 8 aromatic rings. The number of hydrogen-bond acceptors (Lipinski definition) is 17. The van der Waals surface area contributed by atoms with Gasteiger partial charge in [0.2, 0.25) is 0 Å². The Hall–Kier alpha value is -9.22. The van der Waals surface area contributed by atoms with Crippen LogP contribution in [0.5, 0.6) is 34.5 Å². The fourth-order valence-corrected chi connectivity index (χ4v) is 7.28. The highest BCUT2D eigenvalue weighted by atomic mass is 32.1. The number of carbonyl (C=O) groups is 6. The summed E-state index contributed by atoms with van der Waals surface area (Å²) in [4.78, 5) is 84.7. The predicted molar refractivity (Wildman–Crippen MR) is 263 cm³/mol. The van der Waals surface area contributed by atoms with Gasteiger partial charge in [-0.3, -0.25) is 33.8 Å². The molecule has 0 saturated heterocycles. The molecule has 0 atom stereocenters. The van der Waals surface area contributed by atoms with Crippen LogP contribution in [0.2, 0.25) is 0 Å². The maximum atomic E-state index is 11.7. The number of pyridine rings is 4. The van der Waals surface area contributed by atoms with Crippen molar-refractivity contribution in [2.45, 2.75) is 40.6 Å². The van der Waals surface area contributed by atoms with Crippen LogP contribution in [0.3, 0.4) is 0 Å². The van der Waals surface area contributed by atoms with Gasteiger partial charge < -0.3 is 29.5 Å². The standard InChI is InChI=1S/C20H16N2O4.C19H15NO4S.C15H13NO4/c1-13(24)17-6-5-15(14-7-9-21-10-8-14)18(22-17)12-26-20-4-2-3-19(25)16(20)11-23;1-12(22)16-6-5-14(13-7-8-25-11-13)17(20-16)10-24-19-4-2-3-18(23)15(19)9-21;1-10(18)13-5-2-4-11(16-13)9-20-15-7-3-6-14(19)12(15)8-17/h2-11,25H,12H2,1H3;2-9,11,23H,10H2,1H3;2-8,19H,9H2,1H3. The van der Waals surface area contributed by atoms with Crippen LogP contribution in [0.4, 0.5) is 0 Å². The smallest absolute Gasteiger partial charge is 0.178 e. The van der Waals surface area contributed by atoms with Crippen molar-refractivity contribution in [3.05, 3.63) is 189 Å². The average Bonchev–Trinajstić information content (AvgIpc) is 3.92. The minimum Gasteiger partial charge on any atom is -0.507 e. The molecule has 3 aromatic carbocycles. The van der Waals surface area contributed by atoms with Gasteiger partial charge in [0, 0.05) is 44.3 Å². The first-order valence-corrected chi connectivity index (χ1v) is 22.4. The van der Waals surface area contributed by atoms with Gasteiger partial charge in [-0.05, 0) is 101 Å². The Kier molecular flexibility index (Phi) is 17.8. The van der Waals surface area contributed by atoms with Gasteiger partial charge in [0.05, 0.1) is 33.8 Å². The molecule has 5 heterocycles. The van der Waals surface area contributed by atoms with Crippen LogP contribution in [0.1, 0.15) is 100 Å². The number of phenols is 3. The lowest BCUT2D eigenvalue weighted by Crippen LogP contribution is -2.06. The predicted octanol–water partition coefficient (Wildman–Crippen LogP) is 9.93. The van der Waals surface area contributed by atoms with Crippen molar-refractivity contribution in [1.29, 1.82) is 0 Å². The van der Waals surface area contributed by atoms with Crippen LogP contribution in [-0.2, 0) is 19.8 Å². The highest BCUT2D eigenvalue weighted by Crippen LogP contribution is 2.31. The lowest BCUT2D eigenvalue weighted by Gasteiger charge is -2.13. The lowest BCUT2D eigenvalue weighted by atomic mass is 10.0. The average molecular weight is 973 g/mol. The lowest BCUT2D eigenvalue weighted by molar-refractivity contribution is 0.1000. The maximum absolute atomic E-state index is 11.7. The van der Waals surface area contributed by atoms with Crippen LogP contribution < -0.4 is 14.2 Å². The number of carbonyl (C=O) groups excluding carboxylic acids is 6. The summed E-state index contributed by atoms with van der Waals surface area (Å²) in [6, 6.07) is 31.4. The van der Waals surface area contributed by atoms with E-state index in [2.05, 4.69) is 19.9 Å². The van der Waals surface area contributed by atoms with Crippen molar-refractivity contribution in [1.82, 2.24) is 19.9 Å². The number of ether oxygens (including phenoxy) is 3. The second kappa shape index (κ2) is 24.7. The van der Waals surface area contributed by atoms with Crippen LogP contribution in [0.25, 0.3) is 22.3 Å². The summed E-state index contributed by atoms with van der Waals surface area (Å²) in [5, 5.41) is 33.0. The van der Waals surface area contributed by atoms with E-state index < -0.39 is 0 Å². The van der Waals surface area contributed by atoms with Crippen LogP contribution in [0, 0.1) is 0 Å². The van der Waals surface area contributed by atoms with Gasteiger partial charge in [0.25, 0.3) is 0 Å². The number of Topliss-reactive ketones (excluding diaryl/α,β-unsaturated/α-hetero) is 3. The number of ketones is 3. The summed E-state index contributed by atoms with van der Waals surface area (Å²) >= 11 is 1.56. The number of phenolic OH excluding ortho intramolecular Hbond substituents is 3. The Labute approximate surface area is 410 Å². The zero-order valence-electron chi connectivity index (χ0n) is 38.3. The highest BCUT2D eigenvalue weighted by Gasteiger charge is 2.16. The van der Waals surface area contributed by atoms with Gasteiger partial charge in [-0.15, -0.1) is 0 Å². The van der Waals surface area contributed by atoms with E-state index in [1.807, 2.05) is 35.0 Å². The fourth-order valence-electron chi connectivity index (χ4n) is 6.62. The molecule has 358 valence electrons. The van der Waals surface area contributed by atoms with E-state index in [-0.39, 0.29) is 88.4 Å². The molecule has 5 aromatic heterocycles. The third-order valence-electron chi connectivity index (χ3n) is 10.2. The van der Waals surface area contributed by atoms with E-state index in [4.69, 9.17) is 14.2 Å². The van der Waals surface area contributed by atoms with Gasteiger partial charge in [-0.1, -0.05) is 36.4 Å². The van der Waals surface area contributed by atoms with Crippen molar-refractivity contribution in [3.63, 3.8) is 0 Å². The first-order valence-electron chi connectivity index (χ1n) is 21.4. The summed E-state index contributed by atoms with van der Waals surface area (Å²) in [5.74, 6) is -0.0661. The van der Waals surface area contributed by atoms with E-state index in [1.165, 1.54) is 39.0 Å².